The fraction of sp³-hybridized carbons (Fsp3) is 0.462. The standard InChI is InChI=1S/C13H18ClNO2/c1-9-7-10(2)13(11(14)8-9)15-6-4-5-12(16)17-3/h7-8,15H,4-6H2,1-3H3. The first-order chi connectivity index (χ1) is 8.04. The number of anilines is 1. The van der Waals surface area contributed by atoms with Crippen LogP contribution < -0.4 is 5.32 Å². The van der Waals surface area contributed by atoms with E-state index >= 15 is 0 Å². The number of esters is 1. The van der Waals surface area contributed by atoms with Crippen LogP contribution in [0.25, 0.3) is 0 Å². The van der Waals surface area contributed by atoms with Crippen LogP contribution >= 0.6 is 11.6 Å². The molecule has 17 heavy (non-hydrogen) atoms. The van der Waals surface area contributed by atoms with Gasteiger partial charge in [-0.1, -0.05) is 17.7 Å². The molecule has 0 bridgehead atoms. The molecule has 3 nitrogen and oxygen atoms in total. The third kappa shape index (κ3) is 4.27. The lowest BCUT2D eigenvalue weighted by Gasteiger charge is -2.12. The third-order valence-corrected chi connectivity index (χ3v) is 2.82. The zero-order chi connectivity index (χ0) is 12.8. The molecule has 0 saturated heterocycles. The van der Waals surface area contributed by atoms with E-state index in [1.807, 2.05) is 19.9 Å². The second-order valence-electron chi connectivity index (χ2n) is 4.05. The van der Waals surface area contributed by atoms with E-state index in [9.17, 15) is 4.79 Å². The van der Waals surface area contributed by atoms with Crippen LogP contribution in [0.1, 0.15) is 24.0 Å². The molecule has 94 valence electrons. The van der Waals surface area contributed by atoms with Crippen LogP contribution in [0, 0.1) is 13.8 Å². The Labute approximate surface area is 107 Å². The predicted octanol–water partition coefficient (Wildman–Crippen LogP) is 3.32. The molecule has 0 saturated carbocycles. The first kappa shape index (κ1) is 13.8. The van der Waals surface area contributed by atoms with Crippen molar-refractivity contribution in [1.82, 2.24) is 0 Å². The lowest BCUT2D eigenvalue weighted by Crippen LogP contribution is -2.07. The maximum absolute atomic E-state index is 10.9. The molecule has 1 rings (SSSR count). The predicted molar refractivity (Wildman–Crippen MR) is 70.7 cm³/mol. The topological polar surface area (TPSA) is 38.3 Å². The summed E-state index contributed by atoms with van der Waals surface area (Å²) in [6.07, 6.45) is 1.16. The normalized spacial score (nSPS) is 10.1. The molecule has 1 N–H and O–H groups in total. The molecule has 0 aliphatic rings. The van der Waals surface area contributed by atoms with Crippen molar-refractivity contribution in [1.29, 1.82) is 0 Å². The van der Waals surface area contributed by atoms with Crippen LogP contribution in [0.4, 0.5) is 5.69 Å². The van der Waals surface area contributed by atoms with Crippen molar-refractivity contribution in [2.24, 2.45) is 0 Å². The summed E-state index contributed by atoms with van der Waals surface area (Å²) in [5.74, 6) is -0.182. The van der Waals surface area contributed by atoms with Gasteiger partial charge >= 0.3 is 5.97 Å². The summed E-state index contributed by atoms with van der Waals surface area (Å²) in [4.78, 5) is 10.9. The summed E-state index contributed by atoms with van der Waals surface area (Å²) < 4.78 is 4.57. The van der Waals surface area contributed by atoms with E-state index in [2.05, 4.69) is 16.1 Å². The first-order valence-electron chi connectivity index (χ1n) is 5.62. The number of hydrogen-bond acceptors (Lipinski definition) is 3. The molecule has 0 aliphatic heterocycles. The Morgan fingerprint density at radius 3 is 2.71 bits per heavy atom. The molecule has 0 spiro atoms. The molecule has 1 aromatic carbocycles. The van der Waals surface area contributed by atoms with E-state index in [4.69, 9.17) is 11.6 Å². The number of rotatable bonds is 5. The van der Waals surface area contributed by atoms with Gasteiger partial charge in [0.15, 0.2) is 0 Å². The van der Waals surface area contributed by atoms with E-state index in [0.717, 1.165) is 28.3 Å². The fourth-order valence-electron chi connectivity index (χ4n) is 1.69. The minimum Gasteiger partial charge on any atom is -0.469 e. The minimum atomic E-state index is -0.182. The number of benzene rings is 1. The van der Waals surface area contributed by atoms with Crippen molar-refractivity contribution in [3.63, 3.8) is 0 Å². The summed E-state index contributed by atoms with van der Waals surface area (Å²) in [6, 6.07) is 4.01. The van der Waals surface area contributed by atoms with Gasteiger partial charge in [-0.3, -0.25) is 4.79 Å². The van der Waals surface area contributed by atoms with E-state index in [0.29, 0.717) is 13.0 Å². The Morgan fingerprint density at radius 2 is 2.12 bits per heavy atom. The maximum Gasteiger partial charge on any atom is 0.305 e. The van der Waals surface area contributed by atoms with Gasteiger partial charge in [-0.05, 0) is 37.5 Å². The second-order valence-corrected chi connectivity index (χ2v) is 4.45. The number of carbonyl (C=O) groups excluding carboxylic acids is 1. The van der Waals surface area contributed by atoms with Crippen molar-refractivity contribution < 1.29 is 9.53 Å². The smallest absolute Gasteiger partial charge is 0.305 e. The average Bonchev–Trinajstić information content (AvgIpc) is 2.26. The molecule has 0 fully saturated rings. The molecule has 0 aliphatic carbocycles. The maximum atomic E-state index is 10.9. The number of hydrogen-bond donors (Lipinski definition) is 1. The van der Waals surface area contributed by atoms with E-state index in [-0.39, 0.29) is 5.97 Å². The monoisotopic (exact) mass is 255 g/mol. The molecule has 0 amide bonds. The van der Waals surface area contributed by atoms with Crippen molar-refractivity contribution in [3.8, 4) is 0 Å². The third-order valence-electron chi connectivity index (χ3n) is 2.52. The van der Waals surface area contributed by atoms with Crippen molar-refractivity contribution in [2.45, 2.75) is 26.7 Å². The fourth-order valence-corrected chi connectivity index (χ4v) is 2.08. The van der Waals surface area contributed by atoms with Gasteiger partial charge in [0.1, 0.15) is 0 Å². The van der Waals surface area contributed by atoms with Crippen molar-refractivity contribution in [2.75, 3.05) is 19.0 Å². The molecule has 0 atom stereocenters. The quantitative estimate of drug-likeness (QED) is 0.648. The summed E-state index contributed by atoms with van der Waals surface area (Å²) in [6.45, 7) is 4.74. The Morgan fingerprint density at radius 1 is 1.41 bits per heavy atom. The van der Waals surface area contributed by atoms with Gasteiger partial charge in [-0.15, -0.1) is 0 Å². The highest BCUT2D eigenvalue weighted by Crippen LogP contribution is 2.27. The van der Waals surface area contributed by atoms with Crippen LogP contribution in [0.2, 0.25) is 5.02 Å². The summed E-state index contributed by atoms with van der Waals surface area (Å²) in [5.41, 5.74) is 3.21. The van der Waals surface area contributed by atoms with Gasteiger partial charge in [0.05, 0.1) is 17.8 Å². The van der Waals surface area contributed by atoms with Crippen molar-refractivity contribution >= 4 is 23.3 Å². The molecule has 0 heterocycles. The average molecular weight is 256 g/mol. The Hall–Kier alpha value is -1.22. The lowest BCUT2D eigenvalue weighted by molar-refractivity contribution is -0.140. The molecular weight excluding hydrogens is 238 g/mol. The van der Waals surface area contributed by atoms with Gasteiger partial charge in [-0.2, -0.15) is 0 Å². The number of methoxy groups -OCH3 is 1. The summed E-state index contributed by atoms with van der Waals surface area (Å²) in [5, 5.41) is 3.97. The highest BCUT2D eigenvalue weighted by molar-refractivity contribution is 6.33. The number of ether oxygens (including phenoxy) is 1. The Kier molecular flexibility index (Phi) is 5.29. The molecule has 4 heteroatoms. The number of nitrogens with one attached hydrogen (secondary N) is 1. The highest BCUT2D eigenvalue weighted by atomic mass is 35.5. The highest BCUT2D eigenvalue weighted by Gasteiger charge is 2.05. The number of halogens is 1. The van der Waals surface area contributed by atoms with Crippen LogP contribution in [-0.2, 0) is 9.53 Å². The lowest BCUT2D eigenvalue weighted by atomic mass is 10.1. The van der Waals surface area contributed by atoms with Crippen LogP contribution in [0.3, 0.4) is 0 Å². The zero-order valence-electron chi connectivity index (χ0n) is 10.5. The molecule has 1 aromatic rings. The molecule has 0 aromatic heterocycles. The van der Waals surface area contributed by atoms with Crippen molar-refractivity contribution in [3.05, 3.63) is 28.3 Å². The van der Waals surface area contributed by atoms with Gasteiger partial charge in [0.25, 0.3) is 0 Å². The second kappa shape index (κ2) is 6.50. The first-order valence-corrected chi connectivity index (χ1v) is 6.00. The van der Waals surface area contributed by atoms with Gasteiger partial charge in [0.2, 0.25) is 0 Å². The van der Waals surface area contributed by atoms with E-state index in [1.165, 1.54) is 7.11 Å². The SMILES string of the molecule is COC(=O)CCCNc1c(C)cc(C)cc1Cl. The Bertz CT molecular complexity index is 381. The van der Waals surface area contributed by atoms with Gasteiger partial charge in [0, 0.05) is 13.0 Å². The summed E-state index contributed by atoms with van der Waals surface area (Å²) in [7, 11) is 1.40. The molecule has 0 unspecified atom stereocenters. The molecule has 0 radical (unpaired) electrons. The largest absolute Gasteiger partial charge is 0.469 e. The zero-order valence-corrected chi connectivity index (χ0v) is 11.2. The van der Waals surface area contributed by atoms with Crippen LogP contribution in [0.5, 0.6) is 0 Å². The van der Waals surface area contributed by atoms with Crippen LogP contribution in [-0.4, -0.2) is 19.6 Å². The van der Waals surface area contributed by atoms with E-state index < -0.39 is 0 Å². The van der Waals surface area contributed by atoms with Gasteiger partial charge in [-0.25, -0.2) is 0 Å². The number of aryl methyl sites for hydroxylation is 2. The van der Waals surface area contributed by atoms with E-state index in [1.54, 1.807) is 0 Å². The van der Waals surface area contributed by atoms with Crippen LogP contribution in [0.15, 0.2) is 12.1 Å². The number of carbonyl (C=O) groups is 1. The van der Waals surface area contributed by atoms with Gasteiger partial charge < -0.3 is 10.1 Å². The summed E-state index contributed by atoms with van der Waals surface area (Å²) >= 11 is 6.15. The Balaban J connectivity index is 2.50. The molecular formula is C13H18ClNO2. The minimum absolute atomic E-state index is 0.182.